The molecule has 0 aliphatic carbocycles. The maximum Gasteiger partial charge on any atom is 0.258 e. The van der Waals surface area contributed by atoms with Gasteiger partial charge in [-0.25, -0.2) is 19.6 Å². The zero-order valence-corrected chi connectivity index (χ0v) is 14.5. The van der Waals surface area contributed by atoms with Crippen LogP contribution in [-0.4, -0.2) is 30.6 Å². The van der Waals surface area contributed by atoms with Gasteiger partial charge in [0.15, 0.2) is 5.65 Å². The Balaban J connectivity index is 2.08. The molecular weight excluding hydrogens is 304 g/mol. The van der Waals surface area contributed by atoms with Crippen molar-refractivity contribution in [1.29, 1.82) is 0 Å². The van der Waals surface area contributed by atoms with Gasteiger partial charge in [0.25, 0.3) is 5.91 Å². The molecule has 124 valence electrons. The van der Waals surface area contributed by atoms with Crippen molar-refractivity contribution in [3.8, 4) is 0 Å². The van der Waals surface area contributed by atoms with Gasteiger partial charge in [-0.3, -0.25) is 10.1 Å². The smallest absolute Gasteiger partial charge is 0.258 e. The first kappa shape index (κ1) is 16.0. The molecule has 24 heavy (non-hydrogen) atoms. The third-order valence-corrected chi connectivity index (χ3v) is 3.76. The Hall–Kier alpha value is -2.83. The Morgan fingerprint density at radius 3 is 2.29 bits per heavy atom. The Kier molecular flexibility index (Phi) is 4.01. The first-order valence-electron chi connectivity index (χ1n) is 7.87. The average Bonchev–Trinajstić information content (AvgIpc) is 2.81. The van der Waals surface area contributed by atoms with E-state index in [1.165, 1.54) is 0 Å². The number of fused-ring (bicyclic) bond motifs is 1. The maximum absolute atomic E-state index is 12.8. The Morgan fingerprint density at radius 1 is 1.04 bits per heavy atom. The van der Waals surface area contributed by atoms with Crippen molar-refractivity contribution in [3.63, 3.8) is 0 Å². The lowest BCUT2D eigenvalue weighted by Crippen LogP contribution is -2.16. The summed E-state index contributed by atoms with van der Waals surface area (Å²) < 4.78 is 1.81. The molecule has 0 saturated carbocycles. The fourth-order valence-electron chi connectivity index (χ4n) is 2.83. The van der Waals surface area contributed by atoms with Crippen molar-refractivity contribution in [2.24, 2.45) is 0 Å². The second-order valence-electron chi connectivity index (χ2n) is 5.84. The lowest BCUT2D eigenvalue weighted by atomic mass is 10.1. The molecule has 0 aliphatic rings. The van der Waals surface area contributed by atoms with Gasteiger partial charge in [-0.1, -0.05) is 0 Å². The van der Waals surface area contributed by atoms with Gasteiger partial charge in [-0.05, 0) is 46.8 Å². The van der Waals surface area contributed by atoms with Crippen molar-refractivity contribution >= 4 is 22.9 Å². The van der Waals surface area contributed by atoms with Crippen molar-refractivity contribution in [2.75, 3.05) is 5.32 Å². The average molecular weight is 324 g/mol. The van der Waals surface area contributed by atoms with E-state index in [9.17, 15) is 4.79 Å². The van der Waals surface area contributed by atoms with Crippen molar-refractivity contribution in [2.45, 2.75) is 41.2 Å². The summed E-state index contributed by atoms with van der Waals surface area (Å²) >= 11 is 0. The number of rotatable bonds is 3. The van der Waals surface area contributed by atoms with Crippen LogP contribution in [0.5, 0.6) is 0 Å². The number of nitrogens with one attached hydrogen (secondary N) is 1. The van der Waals surface area contributed by atoms with Gasteiger partial charge in [0.1, 0.15) is 0 Å². The summed E-state index contributed by atoms with van der Waals surface area (Å²) in [7, 11) is 0. The lowest BCUT2D eigenvalue weighted by molar-refractivity contribution is 0.102. The molecule has 7 nitrogen and oxygen atoms in total. The molecule has 0 unspecified atom stereocenters. The highest BCUT2D eigenvalue weighted by Crippen LogP contribution is 2.23. The van der Waals surface area contributed by atoms with Gasteiger partial charge in [-0.15, -0.1) is 0 Å². The summed E-state index contributed by atoms with van der Waals surface area (Å²) in [5.41, 5.74) is 4.43. The molecule has 7 heteroatoms. The molecule has 1 amide bonds. The quantitative estimate of drug-likeness (QED) is 0.800. The van der Waals surface area contributed by atoms with E-state index >= 15 is 0 Å². The molecule has 3 rings (SSSR count). The van der Waals surface area contributed by atoms with Crippen LogP contribution in [0.1, 0.15) is 40.1 Å². The zero-order chi connectivity index (χ0) is 17.4. The molecule has 0 bridgehead atoms. The monoisotopic (exact) mass is 324 g/mol. The van der Waals surface area contributed by atoms with Crippen LogP contribution in [0, 0.1) is 27.7 Å². The highest BCUT2D eigenvalue weighted by Gasteiger charge is 2.19. The number of nitrogens with zero attached hydrogens (tertiary/aromatic N) is 5. The molecule has 3 aromatic rings. The molecule has 0 atom stereocenters. The Morgan fingerprint density at radius 2 is 1.67 bits per heavy atom. The van der Waals surface area contributed by atoms with Gasteiger partial charge >= 0.3 is 0 Å². The number of carbonyl (C=O) groups is 1. The van der Waals surface area contributed by atoms with E-state index in [-0.39, 0.29) is 5.91 Å². The van der Waals surface area contributed by atoms with Crippen LogP contribution in [0.2, 0.25) is 0 Å². The molecule has 0 aliphatic heterocycles. The number of aryl methyl sites for hydroxylation is 5. The van der Waals surface area contributed by atoms with Crippen molar-refractivity contribution in [3.05, 3.63) is 40.5 Å². The second kappa shape index (κ2) is 5.99. The summed E-state index contributed by atoms with van der Waals surface area (Å²) in [5.74, 6) is 0.0508. The van der Waals surface area contributed by atoms with Gasteiger partial charge in [0, 0.05) is 23.6 Å². The van der Waals surface area contributed by atoms with Crippen LogP contribution in [0.3, 0.4) is 0 Å². The van der Waals surface area contributed by atoms with Crippen LogP contribution in [0.15, 0.2) is 12.1 Å². The first-order valence-corrected chi connectivity index (χ1v) is 7.87. The highest BCUT2D eigenvalue weighted by molar-refractivity contribution is 6.12. The molecule has 3 aromatic heterocycles. The Bertz CT molecular complexity index is 924. The summed E-state index contributed by atoms with van der Waals surface area (Å²) in [6.45, 7) is 10.2. The largest absolute Gasteiger partial charge is 0.290 e. The number of pyridine rings is 1. The number of carbonyl (C=O) groups excluding carboxylic acids is 1. The summed E-state index contributed by atoms with van der Waals surface area (Å²) in [6, 6.07) is 3.63. The Labute approximate surface area is 140 Å². The van der Waals surface area contributed by atoms with Gasteiger partial charge < -0.3 is 0 Å². The number of anilines is 1. The van der Waals surface area contributed by atoms with Gasteiger partial charge in [-0.2, -0.15) is 5.10 Å². The third kappa shape index (κ3) is 2.84. The molecule has 0 radical (unpaired) electrons. The predicted molar refractivity (Wildman–Crippen MR) is 92.1 cm³/mol. The third-order valence-electron chi connectivity index (χ3n) is 3.76. The minimum absolute atomic E-state index is 0.255. The predicted octanol–water partition coefficient (Wildman–Crippen LogP) is 2.73. The summed E-state index contributed by atoms with van der Waals surface area (Å²) in [5, 5.41) is 8.03. The zero-order valence-electron chi connectivity index (χ0n) is 14.5. The van der Waals surface area contributed by atoms with Crippen LogP contribution in [-0.2, 0) is 6.54 Å². The molecule has 0 spiro atoms. The van der Waals surface area contributed by atoms with Gasteiger partial charge in [0.05, 0.1) is 16.6 Å². The van der Waals surface area contributed by atoms with Crippen LogP contribution < -0.4 is 5.32 Å². The second-order valence-corrected chi connectivity index (χ2v) is 5.84. The fraction of sp³-hybridized carbons (Fsp3) is 0.353. The molecule has 3 heterocycles. The molecule has 1 N–H and O–H groups in total. The van der Waals surface area contributed by atoms with E-state index in [1.54, 1.807) is 6.07 Å². The molecular formula is C17H20N6O. The molecule has 0 aromatic carbocycles. The number of hydrogen-bond acceptors (Lipinski definition) is 5. The molecule has 0 saturated heterocycles. The normalized spacial score (nSPS) is 11.0. The van der Waals surface area contributed by atoms with Crippen LogP contribution in [0.25, 0.3) is 11.0 Å². The maximum atomic E-state index is 12.8. The van der Waals surface area contributed by atoms with E-state index in [2.05, 4.69) is 25.4 Å². The molecule has 0 fully saturated rings. The summed E-state index contributed by atoms with van der Waals surface area (Å²) in [4.78, 5) is 25.9. The van der Waals surface area contributed by atoms with Crippen molar-refractivity contribution in [1.82, 2.24) is 24.7 Å². The minimum Gasteiger partial charge on any atom is -0.290 e. The SMILES string of the molecule is CCn1nc(C)c2c(C(=O)Nc3nc(C)cc(C)n3)cc(C)nc21. The van der Waals surface area contributed by atoms with E-state index in [0.717, 1.165) is 33.8 Å². The standard InChI is InChI=1S/C17H20N6O/c1-6-23-15-14(12(5)22-23)13(8-11(4)18-15)16(24)21-17-19-9(2)7-10(3)20-17/h7-8H,6H2,1-5H3,(H,19,20,21,24). The van der Waals surface area contributed by atoms with Crippen LogP contribution in [0.4, 0.5) is 5.95 Å². The van der Waals surface area contributed by atoms with E-state index in [0.29, 0.717) is 18.1 Å². The minimum atomic E-state index is -0.255. The highest BCUT2D eigenvalue weighted by atomic mass is 16.1. The number of amides is 1. The van der Waals surface area contributed by atoms with E-state index in [4.69, 9.17) is 0 Å². The van der Waals surface area contributed by atoms with E-state index < -0.39 is 0 Å². The lowest BCUT2D eigenvalue weighted by Gasteiger charge is -2.08. The van der Waals surface area contributed by atoms with Crippen molar-refractivity contribution < 1.29 is 4.79 Å². The summed E-state index contributed by atoms with van der Waals surface area (Å²) in [6.07, 6.45) is 0. The van der Waals surface area contributed by atoms with Gasteiger partial charge in [0.2, 0.25) is 5.95 Å². The van der Waals surface area contributed by atoms with Crippen LogP contribution >= 0.6 is 0 Å². The van der Waals surface area contributed by atoms with E-state index in [1.807, 2.05) is 45.4 Å². The number of aromatic nitrogens is 5. The fourth-order valence-corrected chi connectivity index (χ4v) is 2.83. The first-order chi connectivity index (χ1) is 11.4. The number of hydrogen-bond donors (Lipinski definition) is 1. The topological polar surface area (TPSA) is 85.6 Å².